The lowest BCUT2D eigenvalue weighted by Crippen LogP contribution is -2.49. The van der Waals surface area contributed by atoms with E-state index in [0.717, 1.165) is 24.2 Å². The molecule has 2 amide bonds. The number of hydrogen-bond donors (Lipinski definition) is 1. The molecule has 0 radical (unpaired) electrons. The summed E-state index contributed by atoms with van der Waals surface area (Å²) in [6.07, 6.45) is 3.00. The summed E-state index contributed by atoms with van der Waals surface area (Å²) in [6, 6.07) is -1.01. The van der Waals surface area contributed by atoms with E-state index in [4.69, 9.17) is 0 Å². The van der Waals surface area contributed by atoms with Crippen LogP contribution in [0.25, 0.3) is 0 Å². The van der Waals surface area contributed by atoms with Gasteiger partial charge in [-0.3, -0.25) is 14.5 Å². The highest BCUT2D eigenvalue weighted by Crippen LogP contribution is 2.56. The maximum Gasteiger partial charge on any atom is 0.327 e. The Hall–Kier alpha value is -1.39. The van der Waals surface area contributed by atoms with Gasteiger partial charge in [0.15, 0.2) is 0 Å². The zero-order chi connectivity index (χ0) is 13.9. The first-order valence-corrected chi connectivity index (χ1v) is 7.03. The highest BCUT2D eigenvalue weighted by atomic mass is 16.4. The lowest BCUT2D eigenvalue weighted by molar-refractivity contribution is -0.157. The molecule has 3 rings (SSSR count). The lowest BCUT2D eigenvalue weighted by Gasteiger charge is -2.27. The fraction of sp³-hybridized carbons (Fsp3) is 0.786. The number of imide groups is 1. The molecular formula is C14H19NO4. The molecule has 0 spiro atoms. The van der Waals surface area contributed by atoms with Crippen molar-refractivity contribution < 1.29 is 19.5 Å². The number of rotatable bonds is 3. The smallest absolute Gasteiger partial charge is 0.327 e. The molecule has 19 heavy (non-hydrogen) atoms. The molecule has 2 saturated carbocycles. The molecule has 1 heterocycles. The molecule has 2 aliphatic carbocycles. The molecule has 0 unspecified atom stereocenters. The minimum atomic E-state index is -1.08. The van der Waals surface area contributed by atoms with Crippen LogP contribution in [-0.4, -0.2) is 33.8 Å². The van der Waals surface area contributed by atoms with Crippen LogP contribution in [0.5, 0.6) is 0 Å². The molecule has 1 saturated heterocycles. The van der Waals surface area contributed by atoms with Gasteiger partial charge in [0.25, 0.3) is 0 Å². The van der Waals surface area contributed by atoms with Gasteiger partial charge in [-0.05, 0) is 37.0 Å². The van der Waals surface area contributed by atoms with Crippen molar-refractivity contribution in [2.24, 2.45) is 29.6 Å². The first kappa shape index (κ1) is 12.6. The summed E-state index contributed by atoms with van der Waals surface area (Å²) in [5, 5.41) is 9.30. The third-order valence-corrected chi connectivity index (χ3v) is 5.12. The summed E-state index contributed by atoms with van der Waals surface area (Å²) in [4.78, 5) is 37.4. The van der Waals surface area contributed by atoms with Crippen molar-refractivity contribution in [1.82, 2.24) is 4.90 Å². The molecule has 0 aromatic carbocycles. The van der Waals surface area contributed by atoms with Crippen LogP contribution >= 0.6 is 0 Å². The van der Waals surface area contributed by atoms with E-state index in [1.165, 1.54) is 0 Å². The number of nitrogens with zero attached hydrogens (tertiary/aromatic N) is 1. The first-order chi connectivity index (χ1) is 8.93. The number of carbonyl (C=O) groups excluding carboxylic acids is 2. The van der Waals surface area contributed by atoms with Gasteiger partial charge in [0, 0.05) is 0 Å². The molecule has 1 aliphatic heterocycles. The molecule has 0 aromatic heterocycles. The van der Waals surface area contributed by atoms with Crippen LogP contribution in [0.2, 0.25) is 0 Å². The minimum absolute atomic E-state index is 0.230. The fourth-order valence-electron chi connectivity index (χ4n) is 4.40. The number of carboxylic acids is 1. The predicted octanol–water partition coefficient (Wildman–Crippen LogP) is 1.13. The molecule has 3 aliphatic rings. The van der Waals surface area contributed by atoms with E-state index in [1.54, 1.807) is 13.8 Å². The van der Waals surface area contributed by atoms with Crippen molar-refractivity contribution in [2.45, 2.75) is 39.2 Å². The lowest BCUT2D eigenvalue weighted by atomic mass is 9.81. The Morgan fingerprint density at radius 2 is 1.63 bits per heavy atom. The van der Waals surface area contributed by atoms with Gasteiger partial charge in [0.05, 0.1) is 11.8 Å². The van der Waals surface area contributed by atoms with Gasteiger partial charge < -0.3 is 5.11 Å². The number of amides is 2. The predicted molar refractivity (Wildman–Crippen MR) is 65.9 cm³/mol. The third-order valence-electron chi connectivity index (χ3n) is 5.12. The normalized spacial score (nSPS) is 38.2. The Morgan fingerprint density at radius 1 is 1.16 bits per heavy atom. The summed E-state index contributed by atoms with van der Waals surface area (Å²) in [7, 11) is 0. The fourth-order valence-corrected chi connectivity index (χ4v) is 4.40. The number of fused-ring (bicyclic) bond motifs is 5. The Morgan fingerprint density at radius 3 is 2.00 bits per heavy atom. The summed E-state index contributed by atoms with van der Waals surface area (Å²) in [5.41, 5.74) is 0. The Labute approximate surface area is 112 Å². The van der Waals surface area contributed by atoms with Crippen molar-refractivity contribution in [3.05, 3.63) is 0 Å². The zero-order valence-corrected chi connectivity index (χ0v) is 11.2. The van der Waals surface area contributed by atoms with Crippen LogP contribution in [0.3, 0.4) is 0 Å². The average molecular weight is 265 g/mol. The average Bonchev–Trinajstić information content (AvgIpc) is 2.97. The van der Waals surface area contributed by atoms with Crippen LogP contribution in [-0.2, 0) is 14.4 Å². The zero-order valence-electron chi connectivity index (χ0n) is 11.2. The van der Waals surface area contributed by atoms with E-state index in [-0.39, 0.29) is 29.6 Å². The molecule has 0 aromatic rings. The Balaban J connectivity index is 1.94. The van der Waals surface area contributed by atoms with E-state index < -0.39 is 12.0 Å². The van der Waals surface area contributed by atoms with Crippen LogP contribution in [0.1, 0.15) is 33.1 Å². The SMILES string of the molecule is CC(C)[C@H](C(=O)O)N1C(=O)[C@@H]2[C@H]3CC[C@@H](C3)[C@@H]2C1=O. The second-order valence-corrected chi connectivity index (χ2v) is 6.46. The molecule has 3 fully saturated rings. The quantitative estimate of drug-likeness (QED) is 0.776. The van der Waals surface area contributed by atoms with Crippen LogP contribution in [0.4, 0.5) is 0 Å². The van der Waals surface area contributed by atoms with Gasteiger partial charge in [0.2, 0.25) is 11.8 Å². The van der Waals surface area contributed by atoms with Crippen molar-refractivity contribution >= 4 is 17.8 Å². The van der Waals surface area contributed by atoms with E-state index in [2.05, 4.69) is 0 Å². The van der Waals surface area contributed by atoms with E-state index in [9.17, 15) is 19.5 Å². The highest BCUT2D eigenvalue weighted by molar-refractivity contribution is 6.08. The van der Waals surface area contributed by atoms with Gasteiger partial charge in [-0.2, -0.15) is 0 Å². The van der Waals surface area contributed by atoms with E-state index in [0.29, 0.717) is 11.8 Å². The maximum atomic E-state index is 12.5. The monoisotopic (exact) mass is 265 g/mol. The highest BCUT2D eigenvalue weighted by Gasteiger charge is 2.62. The summed E-state index contributed by atoms with van der Waals surface area (Å²) >= 11 is 0. The second-order valence-electron chi connectivity index (χ2n) is 6.46. The molecule has 5 atom stereocenters. The number of carboxylic acid groups (broad SMARTS) is 1. The standard InChI is InChI=1S/C14H19NO4/c1-6(2)11(14(18)19)15-12(16)9-7-3-4-8(5-7)10(9)13(15)17/h6-11H,3-5H2,1-2H3,(H,18,19)/t7-,8-,9-,10+,11+/m0/s1. The van der Waals surface area contributed by atoms with Crippen molar-refractivity contribution in [3.8, 4) is 0 Å². The maximum absolute atomic E-state index is 12.5. The summed E-state index contributed by atoms with van der Waals surface area (Å²) < 4.78 is 0. The summed E-state index contributed by atoms with van der Waals surface area (Å²) in [5.74, 6) is -1.66. The molecule has 5 nitrogen and oxygen atoms in total. The molecule has 104 valence electrons. The summed E-state index contributed by atoms with van der Waals surface area (Å²) in [6.45, 7) is 3.48. The van der Waals surface area contributed by atoms with Crippen molar-refractivity contribution in [2.75, 3.05) is 0 Å². The first-order valence-electron chi connectivity index (χ1n) is 7.03. The van der Waals surface area contributed by atoms with Crippen LogP contribution < -0.4 is 0 Å². The number of hydrogen-bond acceptors (Lipinski definition) is 3. The van der Waals surface area contributed by atoms with Crippen molar-refractivity contribution in [1.29, 1.82) is 0 Å². The Bertz CT molecular complexity index is 430. The number of likely N-dealkylation sites (tertiary alicyclic amines) is 1. The minimum Gasteiger partial charge on any atom is -0.480 e. The van der Waals surface area contributed by atoms with E-state index in [1.807, 2.05) is 0 Å². The van der Waals surface area contributed by atoms with Gasteiger partial charge in [-0.1, -0.05) is 13.8 Å². The molecule has 5 heteroatoms. The van der Waals surface area contributed by atoms with Gasteiger partial charge in [-0.25, -0.2) is 4.79 Å². The number of carbonyl (C=O) groups is 3. The van der Waals surface area contributed by atoms with Gasteiger partial charge in [0.1, 0.15) is 6.04 Å². The molecule has 1 N–H and O–H groups in total. The van der Waals surface area contributed by atoms with Gasteiger partial charge >= 0.3 is 5.97 Å². The largest absolute Gasteiger partial charge is 0.480 e. The van der Waals surface area contributed by atoms with Gasteiger partial charge in [-0.15, -0.1) is 0 Å². The van der Waals surface area contributed by atoms with Crippen molar-refractivity contribution in [3.63, 3.8) is 0 Å². The van der Waals surface area contributed by atoms with Crippen LogP contribution in [0, 0.1) is 29.6 Å². The Kier molecular flexibility index (Phi) is 2.69. The molecule has 2 bridgehead atoms. The molecular weight excluding hydrogens is 246 g/mol. The topological polar surface area (TPSA) is 74.7 Å². The second kappa shape index (κ2) is 4.05. The van der Waals surface area contributed by atoms with E-state index >= 15 is 0 Å². The third kappa shape index (κ3) is 1.56. The van der Waals surface area contributed by atoms with Crippen LogP contribution in [0.15, 0.2) is 0 Å². The number of aliphatic carboxylic acids is 1.